The van der Waals surface area contributed by atoms with E-state index in [2.05, 4.69) is 5.32 Å². The highest BCUT2D eigenvalue weighted by atomic mass is 32.1. The fraction of sp³-hybridized carbons (Fsp3) is 0.375. The van der Waals surface area contributed by atoms with Crippen LogP contribution in [0.25, 0.3) is 0 Å². The molecule has 0 spiro atoms. The maximum atomic E-state index is 9.83. The van der Waals surface area contributed by atoms with E-state index < -0.39 is 6.10 Å². The number of benzene rings is 1. The lowest BCUT2D eigenvalue weighted by Gasteiger charge is -2.12. The van der Waals surface area contributed by atoms with E-state index in [0.717, 1.165) is 16.0 Å². The summed E-state index contributed by atoms with van der Waals surface area (Å²) in [5.41, 5.74) is 1.99. The average Bonchev–Trinajstić information content (AvgIpc) is 3.01. The minimum atomic E-state index is -0.522. The molecule has 0 aliphatic rings. The Morgan fingerprint density at radius 2 is 2.05 bits per heavy atom. The Balaban J connectivity index is 1.61. The van der Waals surface area contributed by atoms with Gasteiger partial charge in [-0.1, -0.05) is 30.3 Å². The third-order valence-electron chi connectivity index (χ3n) is 3.02. The fourth-order valence-corrected chi connectivity index (χ4v) is 2.61. The number of aliphatic hydroxyl groups excluding tert-OH is 2. The largest absolute Gasteiger partial charge is 0.392 e. The van der Waals surface area contributed by atoms with Gasteiger partial charge in [0.15, 0.2) is 0 Å². The predicted molar refractivity (Wildman–Crippen MR) is 84.1 cm³/mol. The molecule has 1 heterocycles. The van der Waals surface area contributed by atoms with Crippen molar-refractivity contribution in [1.29, 1.82) is 0 Å². The highest BCUT2D eigenvalue weighted by Gasteiger charge is 2.04. The quantitative estimate of drug-likeness (QED) is 0.662. The molecule has 0 bridgehead atoms. The van der Waals surface area contributed by atoms with Gasteiger partial charge in [-0.2, -0.15) is 0 Å². The minimum Gasteiger partial charge on any atom is -0.392 e. The number of ether oxygens (including phenoxy) is 1. The molecule has 4 nitrogen and oxygen atoms in total. The summed E-state index contributed by atoms with van der Waals surface area (Å²) in [4.78, 5) is 1.16. The number of hydrogen-bond acceptors (Lipinski definition) is 5. The van der Waals surface area contributed by atoms with Crippen LogP contribution in [0.1, 0.15) is 16.0 Å². The summed E-state index contributed by atoms with van der Waals surface area (Å²) in [5.74, 6) is 0. The number of rotatable bonds is 9. The van der Waals surface area contributed by atoms with Crippen LogP contribution in [0.4, 0.5) is 0 Å². The smallest absolute Gasteiger partial charge is 0.0897 e. The third kappa shape index (κ3) is 5.95. The molecule has 1 atom stereocenters. The highest BCUT2D eigenvalue weighted by molar-refractivity contribution is 7.09. The molecule has 1 unspecified atom stereocenters. The molecule has 114 valence electrons. The highest BCUT2D eigenvalue weighted by Crippen LogP contribution is 2.09. The molecule has 0 amide bonds. The fourth-order valence-electron chi connectivity index (χ4n) is 1.97. The van der Waals surface area contributed by atoms with Crippen LogP contribution in [0.15, 0.2) is 41.8 Å². The van der Waals surface area contributed by atoms with Crippen molar-refractivity contribution < 1.29 is 14.9 Å². The second-order valence-corrected chi connectivity index (χ2v) is 5.89. The molecule has 5 heteroatoms. The van der Waals surface area contributed by atoms with Crippen LogP contribution in [0.3, 0.4) is 0 Å². The summed E-state index contributed by atoms with van der Waals surface area (Å²) in [6, 6.07) is 11.8. The van der Waals surface area contributed by atoms with E-state index in [9.17, 15) is 5.11 Å². The van der Waals surface area contributed by atoms with Crippen molar-refractivity contribution in [3.63, 3.8) is 0 Å². The summed E-state index contributed by atoms with van der Waals surface area (Å²) < 4.78 is 5.47. The first-order chi connectivity index (χ1) is 10.3. The SMILES string of the molecule is OCc1cccc(CNCC(O)COCc2cccs2)c1. The van der Waals surface area contributed by atoms with E-state index in [4.69, 9.17) is 9.84 Å². The summed E-state index contributed by atoms with van der Waals surface area (Å²) in [6.45, 7) is 2.06. The normalized spacial score (nSPS) is 12.5. The molecule has 0 saturated carbocycles. The molecule has 21 heavy (non-hydrogen) atoms. The van der Waals surface area contributed by atoms with E-state index in [-0.39, 0.29) is 6.61 Å². The number of aliphatic hydroxyl groups is 2. The molecule has 0 saturated heterocycles. The van der Waals surface area contributed by atoms with E-state index in [0.29, 0.717) is 26.3 Å². The Hall–Kier alpha value is -1.24. The Morgan fingerprint density at radius 1 is 1.19 bits per heavy atom. The molecule has 2 aromatic rings. The number of thiophene rings is 1. The molecule has 2 rings (SSSR count). The van der Waals surface area contributed by atoms with Crippen molar-refractivity contribution in [2.24, 2.45) is 0 Å². The Morgan fingerprint density at radius 3 is 2.81 bits per heavy atom. The molecular weight excluding hydrogens is 286 g/mol. The molecule has 0 aliphatic carbocycles. The predicted octanol–water partition coefficient (Wildman–Crippen LogP) is 1.91. The van der Waals surface area contributed by atoms with Crippen LogP contribution in [-0.4, -0.2) is 29.5 Å². The van der Waals surface area contributed by atoms with Crippen molar-refractivity contribution in [1.82, 2.24) is 5.32 Å². The van der Waals surface area contributed by atoms with Gasteiger partial charge in [0.1, 0.15) is 0 Å². The molecular formula is C16H21NO3S. The average molecular weight is 307 g/mol. The topological polar surface area (TPSA) is 61.7 Å². The van der Waals surface area contributed by atoms with Gasteiger partial charge < -0.3 is 20.3 Å². The molecule has 3 N–H and O–H groups in total. The zero-order valence-corrected chi connectivity index (χ0v) is 12.7. The van der Waals surface area contributed by atoms with Gasteiger partial charge in [0.05, 0.1) is 25.9 Å². The van der Waals surface area contributed by atoms with Crippen LogP contribution in [0, 0.1) is 0 Å². The first kappa shape index (κ1) is 16.1. The number of hydrogen-bond donors (Lipinski definition) is 3. The van der Waals surface area contributed by atoms with Crippen molar-refractivity contribution in [2.75, 3.05) is 13.2 Å². The van der Waals surface area contributed by atoms with E-state index in [1.54, 1.807) is 11.3 Å². The van der Waals surface area contributed by atoms with Gasteiger partial charge in [0, 0.05) is 18.0 Å². The second-order valence-electron chi connectivity index (χ2n) is 4.86. The van der Waals surface area contributed by atoms with Crippen molar-refractivity contribution in [2.45, 2.75) is 25.9 Å². The van der Waals surface area contributed by atoms with Gasteiger partial charge in [0.2, 0.25) is 0 Å². The summed E-state index contributed by atoms with van der Waals surface area (Å²) in [7, 11) is 0. The van der Waals surface area contributed by atoms with Gasteiger partial charge >= 0.3 is 0 Å². The van der Waals surface area contributed by atoms with E-state index in [1.807, 2.05) is 41.8 Å². The zero-order chi connectivity index (χ0) is 14.9. The van der Waals surface area contributed by atoms with Crippen LogP contribution in [0.5, 0.6) is 0 Å². The van der Waals surface area contributed by atoms with Gasteiger partial charge in [-0.25, -0.2) is 0 Å². The molecule has 0 fully saturated rings. The van der Waals surface area contributed by atoms with Crippen LogP contribution < -0.4 is 5.32 Å². The first-order valence-corrected chi connectivity index (χ1v) is 7.83. The summed E-state index contributed by atoms with van der Waals surface area (Å²) in [6.07, 6.45) is -0.522. The Labute approximate surface area is 129 Å². The van der Waals surface area contributed by atoms with Gasteiger partial charge in [-0.3, -0.25) is 0 Å². The molecule has 0 radical (unpaired) electrons. The number of nitrogens with one attached hydrogen (secondary N) is 1. The lowest BCUT2D eigenvalue weighted by Crippen LogP contribution is -2.30. The third-order valence-corrected chi connectivity index (χ3v) is 3.87. The molecule has 0 aliphatic heterocycles. The van der Waals surface area contributed by atoms with Gasteiger partial charge in [-0.15, -0.1) is 11.3 Å². The van der Waals surface area contributed by atoms with Crippen LogP contribution in [0.2, 0.25) is 0 Å². The maximum Gasteiger partial charge on any atom is 0.0897 e. The lowest BCUT2D eigenvalue weighted by atomic mass is 10.1. The van der Waals surface area contributed by atoms with Crippen molar-refractivity contribution in [3.8, 4) is 0 Å². The Kier molecular flexibility index (Phi) is 6.85. The lowest BCUT2D eigenvalue weighted by molar-refractivity contribution is 0.0297. The van der Waals surface area contributed by atoms with Gasteiger partial charge in [-0.05, 0) is 22.6 Å². The van der Waals surface area contributed by atoms with E-state index in [1.165, 1.54) is 0 Å². The zero-order valence-electron chi connectivity index (χ0n) is 11.9. The standard InChI is InChI=1S/C16H21NO3S/c18-10-14-4-1-3-13(7-14)8-17-9-15(19)11-20-12-16-5-2-6-21-16/h1-7,15,17-19H,8-12H2. The minimum absolute atomic E-state index is 0.0486. The van der Waals surface area contributed by atoms with Crippen LogP contribution in [-0.2, 0) is 24.5 Å². The molecule has 1 aromatic carbocycles. The van der Waals surface area contributed by atoms with Crippen molar-refractivity contribution in [3.05, 3.63) is 57.8 Å². The monoisotopic (exact) mass is 307 g/mol. The maximum absolute atomic E-state index is 9.83. The Bertz CT molecular complexity index is 516. The van der Waals surface area contributed by atoms with E-state index >= 15 is 0 Å². The van der Waals surface area contributed by atoms with Crippen molar-refractivity contribution >= 4 is 11.3 Å². The first-order valence-electron chi connectivity index (χ1n) is 6.95. The summed E-state index contributed by atoms with van der Waals surface area (Å²) >= 11 is 1.65. The van der Waals surface area contributed by atoms with Crippen LogP contribution >= 0.6 is 11.3 Å². The molecule has 1 aromatic heterocycles. The summed E-state index contributed by atoms with van der Waals surface area (Å²) in [5, 5.41) is 24.1. The van der Waals surface area contributed by atoms with Gasteiger partial charge in [0.25, 0.3) is 0 Å². The second kappa shape index (κ2) is 8.92.